The fourth-order valence-electron chi connectivity index (χ4n) is 1.63. The van der Waals surface area contributed by atoms with Crippen LogP contribution < -0.4 is 16.6 Å². The zero-order valence-electron chi connectivity index (χ0n) is 11.7. The average molecular weight is 267 g/mol. The van der Waals surface area contributed by atoms with E-state index in [9.17, 15) is 14.4 Å². The topological polar surface area (TPSA) is 73.1 Å². The number of rotatable bonds is 6. The van der Waals surface area contributed by atoms with Crippen molar-refractivity contribution in [2.75, 3.05) is 6.54 Å². The molecule has 1 rings (SSSR count). The number of aryl methyl sites for hydroxylation is 1. The minimum atomic E-state index is -0.447. The molecule has 0 atom stereocenters. The van der Waals surface area contributed by atoms with Gasteiger partial charge in [-0.2, -0.15) is 0 Å². The van der Waals surface area contributed by atoms with E-state index in [1.807, 2.05) is 20.8 Å². The minimum Gasteiger partial charge on any atom is -0.354 e. The van der Waals surface area contributed by atoms with Gasteiger partial charge >= 0.3 is 5.69 Å². The number of nitrogens with one attached hydrogen (secondary N) is 1. The van der Waals surface area contributed by atoms with E-state index in [-0.39, 0.29) is 12.5 Å². The summed E-state index contributed by atoms with van der Waals surface area (Å²) in [6.07, 6.45) is 2.26. The summed E-state index contributed by atoms with van der Waals surface area (Å²) in [7, 11) is 0. The van der Waals surface area contributed by atoms with E-state index in [1.54, 1.807) is 0 Å². The summed E-state index contributed by atoms with van der Waals surface area (Å²) < 4.78 is 2.41. The largest absolute Gasteiger partial charge is 0.354 e. The van der Waals surface area contributed by atoms with Gasteiger partial charge in [0.25, 0.3) is 5.56 Å². The van der Waals surface area contributed by atoms with Gasteiger partial charge < -0.3 is 9.88 Å². The number of aromatic nitrogens is 2. The predicted molar refractivity (Wildman–Crippen MR) is 73.1 cm³/mol. The first-order valence-electron chi connectivity index (χ1n) is 6.52. The standard InChI is InChI=1S/C13H21N3O3/c1-4-6-15-7-5-12(18)16(13(15)19)9-11(17)14-8-10(2)3/h5,7,10H,4,6,8-9H2,1-3H3,(H,14,17). The summed E-state index contributed by atoms with van der Waals surface area (Å²) in [5, 5.41) is 2.69. The fourth-order valence-corrected chi connectivity index (χ4v) is 1.63. The molecule has 0 saturated carbocycles. The maximum Gasteiger partial charge on any atom is 0.331 e. The van der Waals surface area contributed by atoms with Crippen molar-refractivity contribution >= 4 is 5.91 Å². The monoisotopic (exact) mass is 267 g/mol. The molecule has 1 heterocycles. The lowest BCUT2D eigenvalue weighted by molar-refractivity contribution is -0.121. The molecular weight excluding hydrogens is 246 g/mol. The van der Waals surface area contributed by atoms with Crippen LogP contribution in [0.5, 0.6) is 0 Å². The second-order valence-electron chi connectivity index (χ2n) is 4.91. The zero-order valence-corrected chi connectivity index (χ0v) is 11.7. The third-order valence-corrected chi connectivity index (χ3v) is 2.61. The normalized spacial score (nSPS) is 10.7. The number of hydrogen-bond donors (Lipinski definition) is 1. The SMILES string of the molecule is CCCn1ccc(=O)n(CC(=O)NCC(C)C)c1=O. The van der Waals surface area contributed by atoms with Crippen LogP contribution in [0.1, 0.15) is 27.2 Å². The molecule has 1 aromatic heterocycles. The van der Waals surface area contributed by atoms with Crippen LogP contribution in [0.15, 0.2) is 21.9 Å². The second kappa shape index (κ2) is 6.92. The molecule has 106 valence electrons. The van der Waals surface area contributed by atoms with Crippen LogP contribution in [0.25, 0.3) is 0 Å². The van der Waals surface area contributed by atoms with Gasteiger partial charge in [-0.3, -0.25) is 14.2 Å². The summed E-state index contributed by atoms with van der Waals surface area (Å²) in [5.74, 6) is 0.00958. The van der Waals surface area contributed by atoms with Crippen molar-refractivity contribution in [1.82, 2.24) is 14.5 Å². The van der Waals surface area contributed by atoms with Crippen LogP contribution >= 0.6 is 0 Å². The Morgan fingerprint density at radius 3 is 2.63 bits per heavy atom. The third-order valence-electron chi connectivity index (χ3n) is 2.61. The first-order chi connectivity index (χ1) is 8.95. The predicted octanol–water partition coefficient (Wildman–Crippen LogP) is 0.192. The molecule has 6 heteroatoms. The highest BCUT2D eigenvalue weighted by Gasteiger charge is 2.09. The van der Waals surface area contributed by atoms with Crippen LogP contribution in [0.4, 0.5) is 0 Å². The Hall–Kier alpha value is -1.85. The molecule has 0 unspecified atom stereocenters. The van der Waals surface area contributed by atoms with E-state index in [0.29, 0.717) is 19.0 Å². The van der Waals surface area contributed by atoms with Gasteiger partial charge in [-0.25, -0.2) is 4.79 Å². The van der Waals surface area contributed by atoms with Gasteiger partial charge in [0.1, 0.15) is 6.54 Å². The number of carbonyl (C=O) groups is 1. The van der Waals surface area contributed by atoms with E-state index in [0.717, 1.165) is 11.0 Å². The first kappa shape index (κ1) is 15.2. The van der Waals surface area contributed by atoms with Crippen molar-refractivity contribution in [3.8, 4) is 0 Å². The van der Waals surface area contributed by atoms with Crippen molar-refractivity contribution in [2.24, 2.45) is 5.92 Å². The van der Waals surface area contributed by atoms with E-state index in [2.05, 4.69) is 5.32 Å². The van der Waals surface area contributed by atoms with Crippen molar-refractivity contribution in [2.45, 2.75) is 40.3 Å². The Kier molecular flexibility index (Phi) is 5.54. The fraction of sp³-hybridized carbons (Fsp3) is 0.615. The summed E-state index contributed by atoms with van der Waals surface area (Å²) in [4.78, 5) is 35.3. The van der Waals surface area contributed by atoms with Gasteiger partial charge in [-0.05, 0) is 12.3 Å². The van der Waals surface area contributed by atoms with Crippen molar-refractivity contribution in [1.29, 1.82) is 0 Å². The van der Waals surface area contributed by atoms with Crippen molar-refractivity contribution in [3.63, 3.8) is 0 Å². The Labute approximate surface area is 112 Å². The number of carbonyl (C=O) groups excluding carboxylic acids is 1. The van der Waals surface area contributed by atoms with Gasteiger partial charge in [0.2, 0.25) is 5.91 Å². The molecule has 0 aliphatic carbocycles. The molecule has 6 nitrogen and oxygen atoms in total. The molecule has 1 N–H and O–H groups in total. The maximum atomic E-state index is 12.0. The first-order valence-corrected chi connectivity index (χ1v) is 6.52. The molecule has 0 aliphatic heterocycles. The molecule has 0 aromatic carbocycles. The Morgan fingerprint density at radius 1 is 1.37 bits per heavy atom. The number of nitrogens with zero attached hydrogens (tertiary/aromatic N) is 2. The van der Waals surface area contributed by atoms with Gasteiger partial charge in [0.15, 0.2) is 0 Å². The Bertz CT molecular complexity index is 543. The molecule has 1 aromatic rings. The lowest BCUT2D eigenvalue weighted by Crippen LogP contribution is -2.43. The van der Waals surface area contributed by atoms with Crippen LogP contribution in [0.2, 0.25) is 0 Å². The third kappa shape index (κ3) is 4.39. The smallest absolute Gasteiger partial charge is 0.331 e. The Morgan fingerprint density at radius 2 is 2.05 bits per heavy atom. The molecule has 0 bridgehead atoms. The molecule has 0 saturated heterocycles. The summed E-state index contributed by atoms with van der Waals surface area (Å²) in [6.45, 7) is 6.73. The summed E-state index contributed by atoms with van der Waals surface area (Å²) >= 11 is 0. The molecule has 0 spiro atoms. The van der Waals surface area contributed by atoms with Crippen molar-refractivity contribution < 1.29 is 4.79 Å². The quantitative estimate of drug-likeness (QED) is 0.799. The lowest BCUT2D eigenvalue weighted by Gasteiger charge is -2.10. The zero-order chi connectivity index (χ0) is 14.4. The van der Waals surface area contributed by atoms with E-state index < -0.39 is 11.2 Å². The van der Waals surface area contributed by atoms with Crippen LogP contribution in [0, 0.1) is 5.92 Å². The summed E-state index contributed by atoms with van der Waals surface area (Å²) in [5.41, 5.74) is -0.883. The van der Waals surface area contributed by atoms with Crippen LogP contribution in [-0.4, -0.2) is 21.6 Å². The molecule has 0 fully saturated rings. The van der Waals surface area contributed by atoms with Gasteiger partial charge in [0, 0.05) is 25.4 Å². The van der Waals surface area contributed by atoms with E-state index in [1.165, 1.54) is 16.8 Å². The van der Waals surface area contributed by atoms with Crippen LogP contribution in [0.3, 0.4) is 0 Å². The molecule has 1 amide bonds. The molecule has 19 heavy (non-hydrogen) atoms. The highest BCUT2D eigenvalue weighted by atomic mass is 16.2. The Balaban J connectivity index is 2.88. The number of amides is 1. The highest BCUT2D eigenvalue weighted by molar-refractivity contribution is 5.75. The lowest BCUT2D eigenvalue weighted by atomic mass is 10.2. The average Bonchev–Trinajstić information content (AvgIpc) is 2.35. The molecule has 0 radical (unpaired) electrons. The molecular formula is C13H21N3O3. The van der Waals surface area contributed by atoms with Gasteiger partial charge in [-0.15, -0.1) is 0 Å². The van der Waals surface area contributed by atoms with Gasteiger partial charge in [0.05, 0.1) is 0 Å². The van der Waals surface area contributed by atoms with E-state index >= 15 is 0 Å². The highest BCUT2D eigenvalue weighted by Crippen LogP contribution is 1.88. The van der Waals surface area contributed by atoms with Crippen molar-refractivity contribution in [3.05, 3.63) is 33.1 Å². The van der Waals surface area contributed by atoms with E-state index in [4.69, 9.17) is 0 Å². The maximum absolute atomic E-state index is 12.0. The number of hydrogen-bond acceptors (Lipinski definition) is 3. The molecule has 0 aliphatic rings. The summed E-state index contributed by atoms with van der Waals surface area (Å²) in [6, 6.07) is 1.31. The minimum absolute atomic E-state index is 0.227. The van der Waals surface area contributed by atoms with Gasteiger partial charge in [-0.1, -0.05) is 20.8 Å². The van der Waals surface area contributed by atoms with Crippen LogP contribution in [-0.2, 0) is 17.9 Å². The second-order valence-corrected chi connectivity index (χ2v) is 4.91.